The van der Waals surface area contributed by atoms with Crippen molar-refractivity contribution in [2.24, 2.45) is 0 Å². The first-order chi connectivity index (χ1) is 7.68. The van der Waals surface area contributed by atoms with Crippen LogP contribution in [-0.2, 0) is 4.79 Å². The minimum absolute atomic E-state index is 0.00856. The van der Waals surface area contributed by atoms with Crippen LogP contribution in [0.1, 0.15) is 6.42 Å². The molecule has 0 saturated carbocycles. The van der Waals surface area contributed by atoms with E-state index in [0.717, 1.165) is 0 Å². The van der Waals surface area contributed by atoms with Crippen molar-refractivity contribution < 1.29 is 19.4 Å². The Labute approximate surface area is 93.1 Å². The number of carboxylic acid groups (broad SMARTS) is 1. The third-order valence-electron chi connectivity index (χ3n) is 2.48. The van der Waals surface area contributed by atoms with Gasteiger partial charge in [0.15, 0.2) is 11.5 Å². The number of carbonyl (C=O) groups is 1. The Morgan fingerprint density at radius 3 is 2.81 bits per heavy atom. The Morgan fingerprint density at radius 1 is 1.50 bits per heavy atom. The van der Waals surface area contributed by atoms with Crippen molar-refractivity contribution in [3.8, 4) is 11.5 Å². The van der Waals surface area contributed by atoms with E-state index >= 15 is 0 Å². The van der Waals surface area contributed by atoms with Gasteiger partial charge in [0.05, 0.1) is 0 Å². The molecule has 1 aliphatic rings. The van der Waals surface area contributed by atoms with Crippen molar-refractivity contribution in [3.05, 3.63) is 36.9 Å². The van der Waals surface area contributed by atoms with Crippen molar-refractivity contribution in [2.75, 3.05) is 6.61 Å². The van der Waals surface area contributed by atoms with Crippen molar-refractivity contribution in [3.63, 3.8) is 0 Å². The first-order valence-corrected chi connectivity index (χ1v) is 4.93. The molecule has 4 nitrogen and oxygen atoms in total. The second-order valence-electron chi connectivity index (χ2n) is 3.63. The summed E-state index contributed by atoms with van der Waals surface area (Å²) in [5.74, 6) is -0.0108. The highest BCUT2D eigenvalue weighted by Gasteiger charge is 2.44. The van der Waals surface area contributed by atoms with Gasteiger partial charge in [-0.1, -0.05) is 18.2 Å². The van der Waals surface area contributed by atoms with Crippen molar-refractivity contribution in [1.29, 1.82) is 0 Å². The van der Waals surface area contributed by atoms with Gasteiger partial charge in [0, 0.05) is 6.42 Å². The highest BCUT2D eigenvalue weighted by molar-refractivity contribution is 5.79. The number of benzene rings is 1. The molecule has 0 spiro atoms. The van der Waals surface area contributed by atoms with Gasteiger partial charge in [-0.15, -0.1) is 6.58 Å². The maximum absolute atomic E-state index is 11.2. The van der Waals surface area contributed by atoms with E-state index in [9.17, 15) is 9.90 Å². The monoisotopic (exact) mass is 220 g/mol. The molecule has 1 atom stereocenters. The predicted molar refractivity (Wildman–Crippen MR) is 57.7 cm³/mol. The minimum atomic E-state index is -1.35. The highest BCUT2D eigenvalue weighted by atomic mass is 16.6. The summed E-state index contributed by atoms with van der Waals surface area (Å²) in [4.78, 5) is 11.2. The summed E-state index contributed by atoms with van der Waals surface area (Å²) in [5.41, 5.74) is -1.35. The van der Waals surface area contributed by atoms with Crippen LogP contribution in [0.4, 0.5) is 0 Å². The molecule has 84 valence electrons. The second-order valence-corrected chi connectivity index (χ2v) is 3.63. The number of hydrogen-bond donors (Lipinski definition) is 1. The van der Waals surface area contributed by atoms with E-state index in [1.807, 2.05) is 6.07 Å². The average molecular weight is 220 g/mol. The molecular weight excluding hydrogens is 208 g/mol. The summed E-state index contributed by atoms with van der Waals surface area (Å²) < 4.78 is 10.9. The first-order valence-electron chi connectivity index (χ1n) is 4.93. The largest absolute Gasteiger partial charge is 0.485 e. The Morgan fingerprint density at radius 2 is 2.19 bits per heavy atom. The number of ether oxygens (including phenoxy) is 2. The quantitative estimate of drug-likeness (QED) is 0.790. The Kier molecular flexibility index (Phi) is 2.56. The van der Waals surface area contributed by atoms with Crippen LogP contribution in [0.15, 0.2) is 36.9 Å². The van der Waals surface area contributed by atoms with Gasteiger partial charge in [-0.05, 0) is 12.1 Å². The van der Waals surface area contributed by atoms with E-state index in [0.29, 0.717) is 11.5 Å². The zero-order valence-corrected chi connectivity index (χ0v) is 8.68. The zero-order chi connectivity index (χ0) is 11.6. The number of aliphatic carboxylic acids is 1. The fraction of sp³-hybridized carbons (Fsp3) is 0.250. The van der Waals surface area contributed by atoms with Crippen LogP contribution in [0.25, 0.3) is 0 Å². The van der Waals surface area contributed by atoms with E-state index in [1.54, 1.807) is 18.2 Å². The topological polar surface area (TPSA) is 55.8 Å². The summed E-state index contributed by atoms with van der Waals surface area (Å²) in [7, 11) is 0. The molecule has 1 aromatic rings. The minimum Gasteiger partial charge on any atom is -0.485 e. The number of para-hydroxylation sites is 2. The van der Waals surface area contributed by atoms with Gasteiger partial charge in [-0.25, -0.2) is 4.79 Å². The Hall–Kier alpha value is -1.97. The molecule has 0 saturated heterocycles. The Balaban J connectivity index is 2.34. The standard InChI is InChI=1S/C12H12O4/c1-2-7-12(11(13)14)8-15-9-5-3-4-6-10(9)16-12/h2-6H,1,7-8H2,(H,13,14). The second kappa shape index (κ2) is 3.89. The van der Waals surface area contributed by atoms with Crippen molar-refractivity contribution >= 4 is 5.97 Å². The molecule has 1 unspecified atom stereocenters. The van der Waals surface area contributed by atoms with Gasteiger partial charge in [0.1, 0.15) is 6.61 Å². The number of hydrogen-bond acceptors (Lipinski definition) is 3. The van der Waals surface area contributed by atoms with Crippen LogP contribution in [0.5, 0.6) is 11.5 Å². The van der Waals surface area contributed by atoms with Crippen molar-refractivity contribution in [2.45, 2.75) is 12.0 Å². The molecule has 1 aliphatic heterocycles. The predicted octanol–water partition coefficient (Wildman–Crippen LogP) is 1.86. The van der Waals surface area contributed by atoms with Gasteiger partial charge in [-0.2, -0.15) is 0 Å². The summed E-state index contributed by atoms with van der Waals surface area (Å²) in [6.45, 7) is 3.53. The SMILES string of the molecule is C=CCC1(C(=O)O)COc2ccccc2O1. The zero-order valence-electron chi connectivity index (χ0n) is 8.68. The molecule has 0 amide bonds. The van der Waals surface area contributed by atoms with Gasteiger partial charge in [-0.3, -0.25) is 0 Å². The summed E-state index contributed by atoms with van der Waals surface area (Å²) in [6.07, 6.45) is 1.72. The molecule has 0 aromatic heterocycles. The van der Waals surface area contributed by atoms with E-state index in [2.05, 4.69) is 6.58 Å². The van der Waals surface area contributed by atoms with Crippen LogP contribution in [0.2, 0.25) is 0 Å². The summed E-state index contributed by atoms with van der Waals surface area (Å²) >= 11 is 0. The van der Waals surface area contributed by atoms with Gasteiger partial charge < -0.3 is 14.6 Å². The lowest BCUT2D eigenvalue weighted by atomic mass is 9.99. The number of fused-ring (bicyclic) bond motifs is 1. The fourth-order valence-corrected chi connectivity index (χ4v) is 1.61. The van der Waals surface area contributed by atoms with E-state index in [4.69, 9.17) is 9.47 Å². The van der Waals surface area contributed by atoms with E-state index in [1.165, 1.54) is 6.08 Å². The molecule has 4 heteroatoms. The maximum Gasteiger partial charge on any atom is 0.352 e. The lowest BCUT2D eigenvalue weighted by Crippen LogP contribution is -2.51. The van der Waals surface area contributed by atoms with E-state index < -0.39 is 11.6 Å². The molecular formula is C12H12O4. The summed E-state index contributed by atoms with van der Waals surface area (Å²) in [5, 5.41) is 9.19. The average Bonchev–Trinajstić information content (AvgIpc) is 2.29. The highest BCUT2D eigenvalue weighted by Crippen LogP contribution is 2.36. The lowest BCUT2D eigenvalue weighted by Gasteiger charge is -2.34. The fourth-order valence-electron chi connectivity index (χ4n) is 1.61. The third kappa shape index (κ3) is 1.62. The van der Waals surface area contributed by atoms with Crippen LogP contribution in [0, 0.1) is 0 Å². The smallest absolute Gasteiger partial charge is 0.352 e. The van der Waals surface area contributed by atoms with E-state index in [-0.39, 0.29) is 13.0 Å². The van der Waals surface area contributed by atoms with Gasteiger partial charge >= 0.3 is 5.97 Å². The lowest BCUT2D eigenvalue weighted by molar-refractivity contribution is -0.160. The van der Waals surface area contributed by atoms with Crippen LogP contribution in [0.3, 0.4) is 0 Å². The summed E-state index contributed by atoms with van der Waals surface area (Å²) in [6, 6.07) is 7.02. The molecule has 0 bridgehead atoms. The molecule has 1 heterocycles. The maximum atomic E-state index is 11.2. The Bertz CT molecular complexity index is 427. The number of carboxylic acids is 1. The number of rotatable bonds is 3. The first kappa shape index (κ1) is 10.5. The van der Waals surface area contributed by atoms with Crippen LogP contribution in [-0.4, -0.2) is 23.3 Å². The van der Waals surface area contributed by atoms with Crippen LogP contribution >= 0.6 is 0 Å². The molecule has 2 rings (SSSR count). The van der Waals surface area contributed by atoms with Crippen LogP contribution < -0.4 is 9.47 Å². The molecule has 0 fully saturated rings. The third-order valence-corrected chi connectivity index (χ3v) is 2.48. The molecule has 1 N–H and O–H groups in total. The molecule has 1 aromatic carbocycles. The van der Waals surface area contributed by atoms with Gasteiger partial charge in [0.25, 0.3) is 0 Å². The molecule has 0 aliphatic carbocycles. The molecule has 16 heavy (non-hydrogen) atoms. The molecule has 0 radical (unpaired) electrons. The van der Waals surface area contributed by atoms with Gasteiger partial charge in [0.2, 0.25) is 5.60 Å². The normalized spacial score (nSPS) is 22.5. The van der Waals surface area contributed by atoms with Crippen molar-refractivity contribution in [1.82, 2.24) is 0 Å².